The lowest BCUT2D eigenvalue weighted by Gasteiger charge is -2.05. The number of rotatable bonds is 3. The zero-order valence-corrected chi connectivity index (χ0v) is 7.72. The van der Waals surface area contributed by atoms with E-state index in [2.05, 4.69) is 43.9 Å². The smallest absolute Gasteiger partial charge is 0.0345 e. The Labute approximate surface area is 74.1 Å². The largest absolute Gasteiger partial charge is 0.382 e. The summed E-state index contributed by atoms with van der Waals surface area (Å²) in [5, 5.41) is 3.24. The van der Waals surface area contributed by atoms with Gasteiger partial charge in [0.25, 0.3) is 0 Å². The van der Waals surface area contributed by atoms with Crippen LogP contribution < -0.4 is 5.32 Å². The minimum Gasteiger partial charge on any atom is -0.382 e. The zero-order valence-electron chi connectivity index (χ0n) is 7.72. The van der Waals surface area contributed by atoms with E-state index in [1.165, 1.54) is 11.1 Å². The second kappa shape index (κ2) is 3.96. The van der Waals surface area contributed by atoms with Crippen LogP contribution in [0.2, 0.25) is 0 Å². The third-order valence-corrected chi connectivity index (χ3v) is 1.96. The van der Waals surface area contributed by atoms with Crippen molar-refractivity contribution in [3.63, 3.8) is 0 Å². The summed E-state index contributed by atoms with van der Waals surface area (Å²) in [6, 6.07) is 6.37. The molecular weight excluding hydrogens is 146 g/mol. The zero-order chi connectivity index (χ0) is 8.97. The molecule has 0 aliphatic carbocycles. The van der Waals surface area contributed by atoms with Crippen LogP contribution in [0.3, 0.4) is 0 Å². The summed E-state index contributed by atoms with van der Waals surface area (Å²) < 4.78 is 0. The molecule has 0 saturated heterocycles. The molecule has 0 bridgehead atoms. The van der Waals surface area contributed by atoms with Crippen LogP contribution in [-0.4, -0.2) is 6.54 Å². The second-order valence-electron chi connectivity index (χ2n) is 2.97. The molecule has 0 amide bonds. The van der Waals surface area contributed by atoms with Gasteiger partial charge in [-0.05, 0) is 37.1 Å². The normalized spacial score (nSPS) is 9.50. The van der Waals surface area contributed by atoms with E-state index in [0.717, 1.165) is 12.2 Å². The van der Waals surface area contributed by atoms with Crippen molar-refractivity contribution >= 4 is 5.69 Å². The highest BCUT2D eigenvalue weighted by Gasteiger charge is 1.93. The first-order valence-corrected chi connectivity index (χ1v) is 4.16. The predicted octanol–water partition coefficient (Wildman–Crippen LogP) is 2.90. The van der Waals surface area contributed by atoms with Gasteiger partial charge in [-0.1, -0.05) is 12.1 Å². The molecule has 1 N–H and O–H groups in total. The molecular formula is C11H15N. The van der Waals surface area contributed by atoms with Crippen LogP contribution in [0.25, 0.3) is 0 Å². The van der Waals surface area contributed by atoms with Crippen LogP contribution in [0.1, 0.15) is 11.1 Å². The lowest BCUT2D eigenvalue weighted by atomic mass is 10.1. The fourth-order valence-electron chi connectivity index (χ4n) is 1.04. The first-order valence-electron chi connectivity index (χ1n) is 4.16. The minimum absolute atomic E-state index is 0.822. The number of benzene rings is 1. The van der Waals surface area contributed by atoms with Crippen LogP contribution in [-0.2, 0) is 0 Å². The lowest BCUT2D eigenvalue weighted by molar-refractivity contribution is 1.29. The average molecular weight is 161 g/mol. The molecule has 1 rings (SSSR count). The van der Waals surface area contributed by atoms with Crippen LogP contribution in [0.15, 0.2) is 30.9 Å². The molecule has 0 saturated carbocycles. The molecule has 0 heterocycles. The molecule has 1 aromatic carbocycles. The van der Waals surface area contributed by atoms with Gasteiger partial charge in [-0.2, -0.15) is 0 Å². The lowest BCUT2D eigenvalue weighted by Crippen LogP contribution is -1.97. The Hall–Kier alpha value is -1.24. The maximum Gasteiger partial charge on any atom is 0.0345 e. The maximum absolute atomic E-state index is 3.65. The summed E-state index contributed by atoms with van der Waals surface area (Å²) in [6.07, 6.45) is 1.86. The van der Waals surface area contributed by atoms with Gasteiger partial charge in [0.2, 0.25) is 0 Å². The molecule has 0 aliphatic rings. The monoisotopic (exact) mass is 161 g/mol. The Morgan fingerprint density at radius 2 is 2.08 bits per heavy atom. The summed E-state index contributed by atoms with van der Waals surface area (Å²) in [5.74, 6) is 0. The minimum atomic E-state index is 0.822. The topological polar surface area (TPSA) is 12.0 Å². The molecule has 0 fully saturated rings. The van der Waals surface area contributed by atoms with Gasteiger partial charge in [0.05, 0.1) is 0 Å². The Bertz CT molecular complexity index is 276. The van der Waals surface area contributed by atoms with Gasteiger partial charge >= 0.3 is 0 Å². The average Bonchev–Trinajstić information content (AvgIpc) is 2.07. The summed E-state index contributed by atoms with van der Waals surface area (Å²) in [7, 11) is 0. The second-order valence-corrected chi connectivity index (χ2v) is 2.97. The van der Waals surface area contributed by atoms with Gasteiger partial charge in [0, 0.05) is 12.2 Å². The van der Waals surface area contributed by atoms with Crippen LogP contribution in [0.5, 0.6) is 0 Å². The molecule has 0 atom stereocenters. The van der Waals surface area contributed by atoms with Gasteiger partial charge in [-0.15, -0.1) is 6.58 Å². The van der Waals surface area contributed by atoms with E-state index in [0.29, 0.717) is 0 Å². The summed E-state index contributed by atoms with van der Waals surface area (Å²) >= 11 is 0. The quantitative estimate of drug-likeness (QED) is 0.672. The number of aryl methyl sites for hydroxylation is 2. The molecule has 12 heavy (non-hydrogen) atoms. The highest BCUT2D eigenvalue weighted by Crippen LogP contribution is 2.13. The molecule has 0 spiro atoms. The highest BCUT2D eigenvalue weighted by atomic mass is 14.8. The van der Waals surface area contributed by atoms with Crippen molar-refractivity contribution in [2.24, 2.45) is 0 Å². The predicted molar refractivity (Wildman–Crippen MR) is 54.6 cm³/mol. The van der Waals surface area contributed by atoms with E-state index in [-0.39, 0.29) is 0 Å². The summed E-state index contributed by atoms with van der Waals surface area (Å²) in [6.45, 7) is 8.71. The molecule has 0 aromatic heterocycles. The third kappa shape index (κ3) is 2.12. The molecule has 0 aliphatic heterocycles. The van der Waals surface area contributed by atoms with E-state index < -0.39 is 0 Å². The highest BCUT2D eigenvalue weighted by molar-refractivity contribution is 5.48. The maximum atomic E-state index is 3.65. The third-order valence-electron chi connectivity index (χ3n) is 1.96. The van der Waals surface area contributed by atoms with Crippen molar-refractivity contribution in [1.29, 1.82) is 0 Å². The SMILES string of the molecule is C=CCNc1ccc(C)c(C)c1. The van der Waals surface area contributed by atoms with Crippen molar-refractivity contribution in [1.82, 2.24) is 0 Å². The van der Waals surface area contributed by atoms with Gasteiger partial charge in [0.1, 0.15) is 0 Å². The number of hydrogen-bond acceptors (Lipinski definition) is 1. The van der Waals surface area contributed by atoms with Gasteiger partial charge in [-0.3, -0.25) is 0 Å². The van der Waals surface area contributed by atoms with Crippen molar-refractivity contribution in [2.45, 2.75) is 13.8 Å². The molecule has 1 nitrogen and oxygen atoms in total. The van der Waals surface area contributed by atoms with E-state index in [1.807, 2.05) is 6.08 Å². The Morgan fingerprint density at radius 3 is 2.67 bits per heavy atom. The molecule has 0 unspecified atom stereocenters. The summed E-state index contributed by atoms with van der Waals surface area (Å²) in [4.78, 5) is 0. The molecule has 64 valence electrons. The van der Waals surface area contributed by atoms with E-state index >= 15 is 0 Å². The number of anilines is 1. The molecule has 1 heteroatoms. The van der Waals surface area contributed by atoms with Crippen LogP contribution in [0.4, 0.5) is 5.69 Å². The van der Waals surface area contributed by atoms with E-state index in [1.54, 1.807) is 0 Å². The Morgan fingerprint density at radius 1 is 1.33 bits per heavy atom. The van der Waals surface area contributed by atoms with Gasteiger partial charge in [0.15, 0.2) is 0 Å². The molecule has 1 aromatic rings. The van der Waals surface area contributed by atoms with Gasteiger partial charge in [-0.25, -0.2) is 0 Å². The first-order chi connectivity index (χ1) is 5.74. The molecule has 0 radical (unpaired) electrons. The standard InChI is InChI=1S/C11H15N/c1-4-7-12-11-6-5-9(2)10(3)8-11/h4-6,8,12H,1,7H2,2-3H3. The van der Waals surface area contributed by atoms with Crippen molar-refractivity contribution in [2.75, 3.05) is 11.9 Å². The van der Waals surface area contributed by atoms with Gasteiger partial charge < -0.3 is 5.32 Å². The fourth-order valence-corrected chi connectivity index (χ4v) is 1.04. The van der Waals surface area contributed by atoms with Crippen LogP contribution in [0, 0.1) is 13.8 Å². The number of nitrogens with one attached hydrogen (secondary N) is 1. The van der Waals surface area contributed by atoms with Crippen LogP contribution >= 0.6 is 0 Å². The van der Waals surface area contributed by atoms with E-state index in [4.69, 9.17) is 0 Å². The van der Waals surface area contributed by atoms with Crippen molar-refractivity contribution in [3.8, 4) is 0 Å². The van der Waals surface area contributed by atoms with Crippen molar-refractivity contribution in [3.05, 3.63) is 42.0 Å². The Kier molecular flexibility index (Phi) is 2.92. The fraction of sp³-hybridized carbons (Fsp3) is 0.273. The summed E-state index contributed by atoms with van der Waals surface area (Å²) in [5.41, 5.74) is 3.82. The first kappa shape index (κ1) is 8.85. The Balaban J connectivity index is 2.75. The number of hydrogen-bond donors (Lipinski definition) is 1. The van der Waals surface area contributed by atoms with E-state index in [9.17, 15) is 0 Å². The van der Waals surface area contributed by atoms with Crippen molar-refractivity contribution < 1.29 is 0 Å².